The van der Waals surface area contributed by atoms with Gasteiger partial charge in [-0.2, -0.15) is 0 Å². The summed E-state index contributed by atoms with van der Waals surface area (Å²) in [6.07, 6.45) is 0.953. The lowest BCUT2D eigenvalue weighted by Gasteiger charge is -2.16. The Balaban J connectivity index is 3.47. The molecule has 3 nitrogen and oxygen atoms in total. The van der Waals surface area contributed by atoms with E-state index in [1.165, 1.54) is 0 Å². The van der Waals surface area contributed by atoms with E-state index in [1.807, 2.05) is 20.8 Å². The maximum Gasteiger partial charge on any atom is 0.306 e. The van der Waals surface area contributed by atoms with Crippen LogP contribution in [-0.2, 0) is 9.53 Å². The third kappa shape index (κ3) is 7.54. The number of carbonyl (C=O) groups excluding carboxylic acids is 1. The summed E-state index contributed by atoms with van der Waals surface area (Å²) in [5.74, 6) is -0.184. The largest absolute Gasteiger partial charge is 0.466 e. The smallest absolute Gasteiger partial charge is 0.306 e. The molecule has 0 bridgehead atoms. The van der Waals surface area contributed by atoms with Crippen LogP contribution in [0.3, 0.4) is 0 Å². The van der Waals surface area contributed by atoms with Crippen LogP contribution in [0.1, 0.15) is 33.6 Å². The molecule has 1 N–H and O–H groups in total. The topological polar surface area (TPSA) is 46.5 Å². The van der Waals surface area contributed by atoms with Crippen molar-refractivity contribution in [2.45, 2.75) is 33.6 Å². The number of aliphatic hydroxyl groups is 1. The van der Waals surface area contributed by atoms with Gasteiger partial charge in [0.15, 0.2) is 0 Å². The minimum Gasteiger partial charge on any atom is -0.466 e. The molecular formula is C9H18O3. The molecule has 0 amide bonds. The summed E-state index contributed by atoms with van der Waals surface area (Å²) in [6.45, 7) is 6.36. The molecule has 0 rings (SSSR count). The van der Waals surface area contributed by atoms with Crippen molar-refractivity contribution < 1.29 is 14.6 Å². The zero-order chi connectivity index (χ0) is 9.61. The Morgan fingerprint density at radius 2 is 2.00 bits per heavy atom. The Labute approximate surface area is 73.7 Å². The van der Waals surface area contributed by atoms with E-state index in [2.05, 4.69) is 0 Å². The van der Waals surface area contributed by atoms with Crippen molar-refractivity contribution in [3.63, 3.8) is 0 Å². The fourth-order valence-corrected chi connectivity index (χ4v) is 0.735. The minimum atomic E-state index is -0.184. The average molecular weight is 174 g/mol. The Kier molecular flexibility index (Phi) is 4.90. The van der Waals surface area contributed by atoms with Crippen molar-refractivity contribution in [1.29, 1.82) is 0 Å². The van der Waals surface area contributed by atoms with Gasteiger partial charge in [-0.05, 0) is 5.41 Å². The van der Waals surface area contributed by atoms with Gasteiger partial charge in [-0.1, -0.05) is 20.8 Å². The maximum absolute atomic E-state index is 11.0. The van der Waals surface area contributed by atoms with Gasteiger partial charge in [0.1, 0.15) is 0 Å². The SMILES string of the molecule is CC(C)(C)CC(=O)OCCCO. The van der Waals surface area contributed by atoms with Gasteiger partial charge in [0.2, 0.25) is 0 Å². The molecule has 0 atom stereocenters. The highest BCUT2D eigenvalue weighted by Crippen LogP contribution is 2.18. The Morgan fingerprint density at radius 1 is 1.42 bits per heavy atom. The molecule has 12 heavy (non-hydrogen) atoms. The summed E-state index contributed by atoms with van der Waals surface area (Å²) in [7, 11) is 0. The van der Waals surface area contributed by atoms with Gasteiger partial charge in [-0.15, -0.1) is 0 Å². The Bertz CT molecular complexity index is 135. The van der Waals surface area contributed by atoms with E-state index < -0.39 is 0 Å². The van der Waals surface area contributed by atoms with Gasteiger partial charge in [0, 0.05) is 13.0 Å². The van der Waals surface area contributed by atoms with Gasteiger partial charge >= 0.3 is 5.97 Å². The second-order valence-corrected chi connectivity index (χ2v) is 4.04. The molecule has 0 aromatic carbocycles. The predicted octanol–water partition coefficient (Wildman–Crippen LogP) is 1.35. The summed E-state index contributed by atoms with van der Waals surface area (Å²) in [5.41, 5.74) is -0.0176. The van der Waals surface area contributed by atoms with Gasteiger partial charge in [-0.25, -0.2) is 0 Å². The van der Waals surface area contributed by atoms with Crippen molar-refractivity contribution in [3.8, 4) is 0 Å². The number of ether oxygens (including phenoxy) is 1. The van der Waals surface area contributed by atoms with Gasteiger partial charge in [-0.3, -0.25) is 4.79 Å². The molecule has 0 aliphatic carbocycles. The maximum atomic E-state index is 11.0. The predicted molar refractivity (Wildman–Crippen MR) is 46.7 cm³/mol. The van der Waals surface area contributed by atoms with Crippen LogP contribution >= 0.6 is 0 Å². The normalized spacial score (nSPS) is 11.3. The summed E-state index contributed by atoms with van der Waals surface area (Å²) in [6, 6.07) is 0. The molecule has 0 radical (unpaired) electrons. The van der Waals surface area contributed by atoms with Crippen molar-refractivity contribution >= 4 is 5.97 Å². The summed E-state index contributed by atoms with van der Waals surface area (Å²) < 4.78 is 4.86. The first-order valence-electron chi connectivity index (χ1n) is 4.22. The molecular weight excluding hydrogens is 156 g/mol. The van der Waals surface area contributed by atoms with Gasteiger partial charge in [0.25, 0.3) is 0 Å². The third-order valence-corrected chi connectivity index (χ3v) is 1.24. The fourth-order valence-electron chi connectivity index (χ4n) is 0.735. The lowest BCUT2D eigenvalue weighted by molar-refractivity contribution is -0.145. The van der Waals surface area contributed by atoms with Gasteiger partial charge < -0.3 is 9.84 Å². The zero-order valence-electron chi connectivity index (χ0n) is 8.09. The number of rotatable bonds is 4. The van der Waals surface area contributed by atoms with E-state index >= 15 is 0 Å². The average Bonchev–Trinajstić information content (AvgIpc) is 1.84. The number of aliphatic hydroxyl groups excluding tert-OH is 1. The van der Waals surface area contributed by atoms with Crippen LogP contribution in [0.15, 0.2) is 0 Å². The molecule has 0 saturated carbocycles. The van der Waals surface area contributed by atoms with E-state index in [0.29, 0.717) is 19.4 Å². The van der Waals surface area contributed by atoms with E-state index in [1.54, 1.807) is 0 Å². The van der Waals surface area contributed by atoms with E-state index in [0.717, 1.165) is 0 Å². The molecule has 0 aromatic rings. The zero-order valence-corrected chi connectivity index (χ0v) is 8.09. The lowest BCUT2D eigenvalue weighted by Crippen LogP contribution is -2.16. The second-order valence-electron chi connectivity index (χ2n) is 4.04. The van der Waals surface area contributed by atoms with Crippen LogP contribution in [0, 0.1) is 5.41 Å². The molecule has 0 heterocycles. The molecule has 0 unspecified atom stereocenters. The number of carbonyl (C=O) groups is 1. The van der Waals surface area contributed by atoms with Gasteiger partial charge in [0.05, 0.1) is 13.0 Å². The van der Waals surface area contributed by atoms with Crippen molar-refractivity contribution in [1.82, 2.24) is 0 Å². The van der Waals surface area contributed by atoms with Crippen LogP contribution in [0.25, 0.3) is 0 Å². The quantitative estimate of drug-likeness (QED) is 0.517. The fraction of sp³-hybridized carbons (Fsp3) is 0.889. The molecule has 0 saturated heterocycles. The number of esters is 1. The summed E-state index contributed by atoms with van der Waals surface area (Å²) in [5, 5.41) is 8.42. The van der Waals surface area contributed by atoms with Crippen LogP contribution in [0.2, 0.25) is 0 Å². The molecule has 0 fully saturated rings. The molecule has 3 heteroatoms. The molecule has 0 aliphatic heterocycles. The Morgan fingerprint density at radius 3 is 2.42 bits per heavy atom. The van der Waals surface area contributed by atoms with Crippen molar-refractivity contribution in [2.24, 2.45) is 5.41 Å². The standard InChI is InChI=1S/C9H18O3/c1-9(2,3)7-8(11)12-6-4-5-10/h10H,4-7H2,1-3H3. The second kappa shape index (κ2) is 5.14. The summed E-state index contributed by atoms with van der Waals surface area (Å²) >= 11 is 0. The van der Waals surface area contributed by atoms with Crippen LogP contribution in [0.4, 0.5) is 0 Å². The van der Waals surface area contributed by atoms with Crippen molar-refractivity contribution in [3.05, 3.63) is 0 Å². The van der Waals surface area contributed by atoms with E-state index in [4.69, 9.17) is 9.84 Å². The number of hydrogen-bond acceptors (Lipinski definition) is 3. The summed E-state index contributed by atoms with van der Waals surface area (Å²) in [4.78, 5) is 11.0. The monoisotopic (exact) mass is 174 g/mol. The number of hydrogen-bond donors (Lipinski definition) is 1. The molecule has 0 aromatic heterocycles. The van der Waals surface area contributed by atoms with Crippen LogP contribution < -0.4 is 0 Å². The highest BCUT2D eigenvalue weighted by atomic mass is 16.5. The Hall–Kier alpha value is -0.570. The lowest BCUT2D eigenvalue weighted by atomic mass is 9.92. The molecule has 0 aliphatic rings. The third-order valence-electron chi connectivity index (χ3n) is 1.24. The van der Waals surface area contributed by atoms with Crippen molar-refractivity contribution in [2.75, 3.05) is 13.2 Å². The van der Waals surface area contributed by atoms with Crippen LogP contribution in [-0.4, -0.2) is 24.3 Å². The highest BCUT2D eigenvalue weighted by molar-refractivity contribution is 5.70. The minimum absolute atomic E-state index is 0.0176. The van der Waals surface area contributed by atoms with Crippen LogP contribution in [0.5, 0.6) is 0 Å². The first-order chi connectivity index (χ1) is 5.45. The molecule has 72 valence electrons. The highest BCUT2D eigenvalue weighted by Gasteiger charge is 2.16. The molecule has 0 spiro atoms. The van der Waals surface area contributed by atoms with E-state index in [9.17, 15) is 4.79 Å². The van der Waals surface area contributed by atoms with E-state index in [-0.39, 0.29) is 18.0 Å². The first-order valence-corrected chi connectivity index (χ1v) is 4.22. The first kappa shape index (κ1) is 11.4.